The van der Waals surface area contributed by atoms with Gasteiger partial charge >= 0.3 is 0 Å². The summed E-state index contributed by atoms with van der Waals surface area (Å²) in [5.74, 6) is 0.172. The Hall–Kier alpha value is -1.26. The van der Waals surface area contributed by atoms with Crippen LogP contribution in [0.2, 0.25) is 0 Å². The Morgan fingerprint density at radius 2 is 2.20 bits per heavy atom. The molecule has 0 aliphatic heterocycles. The minimum atomic E-state index is -1.97. The van der Waals surface area contributed by atoms with Gasteiger partial charge in [0.05, 0.1) is 5.52 Å². The van der Waals surface area contributed by atoms with Crippen LogP contribution in [0.5, 0.6) is 0 Å². The molecule has 0 fully saturated rings. The lowest BCUT2D eigenvalue weighted by atomic mass is 10.1. The fourth-order valence-corrected chi connectivity index (χ4v) is 1.88. The van der Waals surface area contributed by atoms with Crippen molar-refractivity contribution in [2.24, 2.45) is 0 Å². The van der Waals surface area contributed by atoms with Crippen molar-refractivity contribution in [1.29, 1.82) is 0 Å². The summed E-state index contributed by atoms with van der Waals surface area (Å²) < 4.78 is 20.8. The number of aryl methyl sites for hydroxylation is 1. The van der Waals surface area contributed by atoms with Crippen molar-refractivity contribution in [3.05, 3.63) is 42.1 Å². The molecule has 1 aromatic carbocycles. The normalized spacial score (nSPS) is 12.9. The second-order valence-corrected chi connectivity index (χ2v) is 4.30. The van der Waals surface area contributed by atoms with E-state index >= 15 is 0 Å². The average molecular weight is 220 g/mol. The zero-order valence-electron chi connectivity index (χ0n) is 8.05. The molecule has 0 aliphatic carbocycles. The van der Waals surface area contributed by atoms with Crippen molar-refractivity contribution in [3.8, 4) is 0 Å². The first kappa shape index (κ1) is 10.3. The summed E-state index contributed by atoms with van der Waals surface area (Å²) in [5.41, 5.74) is 1.96. The molecule has 1 atom stereocenters. The van der Waals surface area contributed by atoms with Crippen LogP contribution in [0, 0.1) is 0 Å². The van der Waals surface area contributed by atoms with Gasteiger partial charge in [-0.3, -0.25) is 9.19 Å². The number of benzene rings is 1. The largest absolute Gasteiger partial charge is 0.772 e. The van der Waals surface area contributed by atoms with Gasteiger partial charge in [0.1, 0.15) is 0 Å². The first-order valence-electron chi connectivity index (χ1n) is 4.65. The van der Waals surface area contributed by atoms with Crippen LogP contribution >= 0.6 is 0 Å². The predicted molar refractivity (Wildman–Crippen MR) is 59.2 cm³/mol. The smallest absolute Gasteiger partial charge is 0.0702 e. The van der Waals surface area contributed by atoms with Gasteiger partial charge in [0.2, 0.25) is 0 Å². The number of pyridine rings is 1. The van der Waals surface area contributed by atoms with Gasteiger partial charge < -0.3 is 4.55 Å². The third-order valence-electron chi connectivity index (χ3n) is 2.22. The molecule has 4 heteroatoms. The second-order valence-electron chi connectivity index (χ2n) is 3.29. The number of nitrogens with zero attached hydrogens (tertiary/aromatic N) is 1. The van der Waals surface area contributed by atoms with E-state index in [1.54, 1.807) is 6.20 Å². The van der Waals surface area contributed by atoms with E-state index in [0.717, 1.165) is 16.5 Å². The molecular formula is C11H10NO2S-. The molecule has 0 N–H and O–H groups in total. The number of hydrogen-bond donors (Lipinski definition) is 0. The zero-order chi connectivity index (χ0) is 10.7. The zero-order valence-corrected chi connectivity index (χ0v) is 8.87. The van der Waals surface area contributed by atoms with Crippen molar-refractivity contribution in [2.75, 3.05) is 5.75 Å². The lowest BCUT2D eigenvalue weighted by molar-refractivity contribution is 0.536. The molecule has 0 radical (unpaired) electrons. The van der Waals surface area contributed by atoms with Crippen molar-refractivity contribution >= 4 is 22.0 Å². The minimum absolute atomic E-state index is 0.172. The summed E-state index contributed by atoms with van der Waals surface area (Å²) >= 11 is -1.97. The molecule has 1 unspecified atom stereocenters. The Morgan fingerprint density at radius 3 is 3.00 bits per heavy atom. The molecule has 2 aromatic rings. The van der Waals surface area contributed by atoms with Gasteiger partial charge in [-0.2, -0.15) is 0 Å². The third-order valence-corrected chi connectivity index (χ3v) is 2.76. The molecule has 0 saturated carbocycles. The molecule has 78 valence electrons. The van der Waals surface area contributed by atoms with Crippen LogP contribution in [0.15, 0.2) is 36.5 Å². The van der Waals surface area contributed by atoms with E-state index in [0.29, 0.717) is 6.42 Å². The summed E-state index contributed by atoms with van der Waals surface area (Å²) in [4.78, 5) is 4.20. The van der Waals surface area contributed by atoms with Gasteiger partial charge in [0, 0.05) is 17.3 Å². The van der Waals surface area contributed by atoms with Crippen molar-refractivity contribution in [1.82, 2.24) is 4.98 Å². The number of fused-ring (bicyclic) bond motifs is 1. The first-order valence-corrected chi connectivity index (χ1v) is 5.89. The van der Waals surface area contributed by atoms with Crippen molar-refractivity contribution in [3.63, 3.8) is 0 Å². The van der Waals surface area contributed by atoms with Crippen LogP contribution in [0.25, 0.3) is 10.9 Å². The van der Waals surface area contributed by atoms with E-state index in [9.17, 15) is 8.76 Å². The Labute approximate surface area is 90.4 Å². The van der Waals surface area contributed by atoms with Gasteiger partial charge in [-0.1, -0.05) is 23.2 Å². The molecule has 2 rings (SSSR count). The van der Waals surface area contributed by atoms with Gasteiger partial charge in [0.25, 0.3) is 0 Å². The predicted octanol–water partition coefficient (Wildman–Crippen LogP) is 1.66. The standard InChI is InChI=1S/C11H11NO2S/c13-15(14)7-5-9-3-4-11-10(8-9)2-1-6-12-11/h1-4,6,8H,5,7H2,(H,13,14)/p-1. The Morgan fingerprint density at radius 1 is 1.33 bits per heavy atom. The Bertz CT molecular complexity index is 499. The molecule has 1 aromatic heterocycles. The summed E-state index contributed by atoms with van der Waals surface area (Å²) in [7, 11) is 0. The van der Waals surface area contributed by atoms with Gasteiger partial charge in [-0.25, -0.2) is 0 Å². The summed E-state index contributed by atoms with van der Waals surface area (Å²) in [6.07, 6.45) is 2.30. The third kappa shape index (κ3) is 2.61. The SMILES string of the molecule is O=S([O-])CCc1ccc2ncccc2c1. The number of hydrogen-bond acceptors (Lipinski definition) is 3. The fourth-order valence-electron chi connectivity index (χ4n) is 1.48. The van der Waals surface area contributed by atoms with Crippen LogP contribution in [0.4, 0.5) is 0 Å². The van der Waals surface area contributed by atoms with E-state index in [1.807, 2.05) is 30.3 Å². The minimum Gasteiger partial charge on any atom is -0.772 e. The molecule has 15 heavy (non-hydrogen) atoms. The van der Waals surface area contributed by atoms with E-state index < -0.39 is 11.1 Å². The highest BCUT2D eigenvalue weighted by molar-refractivity contribution is 7.79. The maximum Gasteiger partial charge on any atom is 0.0702 e. The van der Waals surface area contributed by atoms with Crippen molar-refractivity contribution in [2.45, 2.75) is 6.42 Å². The Balaban J connectivity index is 2.26. The highest BCUT2D eigenvalue weighted by atomic mass is 32.2. The van der Waals surface area contributed by atoms with Crippen LogP contribution in [-0.2, 0) is 17.5 Å². The van der Waals surface area contributed by atoms with E-state index in [2.05, 4.69) is 4.98 Å². The quantitative estimate of drug-likeness (QED) is 0.739. The molecule has 0 amide bonds. The molecule has 0 bridgehead atoms. The van der Waals surface area contributed by atoms with Crippen LogP contribution in [-0.4, -0.2) is 19.5 Å². The first-order chi connectivity index (χ1) is 7.25. The summed E-state index contributed by atoms with van der Waals surface area (Å²) in [5, 5.41) is 1.05. The maximum atomic E-state index is 10.4. The number of aromatic nitrogens is 1. The Kier molecular flexibility index (Phi) is 3.08. The van der Waals surface area contributed by atoms with Crippen molar-refractivity contribution < 1.29 is 8.76 Å². The monoisotopic (exact) mass is 220 g/mol. The van der Waals surface area contributed by atoms with E-state index in [1.165, 1.54) is 0 Å². The summed E-state index contributed by atoms with van der Waals surface area (Å²) in [6.45, 7) is 0. The van der Waals surface area contributed by atoms with E-state index in [-0.39, 0.29) is 5.75 Å². The van der Waals surface area contributed by atoms with Gasteiger partial charge in [0.15, 0.2) is 0 Å². The second kappa shape index (κ2) is 4.51. The highest BCUT2D eigenvalue weighted by Gasteiger charge is 1.96. The van der Waals surface area contributed by atoms with Crippen LogP contribution in [0.3, 0.4) is 0 Å². The fraction of sp³-hybridized carbons (Fsp3) is 0.182. The maximum absolute atomic E-state index is 10.4. The molecule has 3 nitrogen and oxygen atoms in total. The van der Waals surface area contributed by atoms with Crippen LogP contribution in [0.1, 0.15) is 5.56 Å². The molecular weight excluding hydrogens is 210 g/mol. The molecule has 1 heterocycles. The lowest BCUT2D eigenvalue weighted by Gasteiger charge is -2.05. The topological polar surface area (TPSA) is 53.0 Å². The number of rotatable bonds is 3. The molecule has 0 spiro atoms. The van der Waals surface area contributed by atoms with E-state index in [4.69, 9.17) is 0 Å². The average Bonchev–Trinajstić information content (AvgIpc) is 2.26. The lowest BCUT2D eigenvalue weighted by Crippen LogP contribution is -1.99. The highest BCUT2D eigenvalue weighted by Crippen LogP contribution is 2.13. The summed E-state index contributed by atoms with van der Waals surface area (Å²) in [6, 6.07) is 9.66. The molecule has 0 saturated heterocycles. The van der Waals surface area contributed by atoms with Gasteiger partial charge in [-0.05, 0) is 30.2 Å². The van der Waals surface area contributed by atoms with Gasteiger partial charge in [-0.15, -0.1) is 0 Å². The van der Waals surface area contributed by atoms with Crippen LogP contribution < -0.4 is 0 Å². The molecule has 0 aliphatic rings.